The van der Waals surface area contributed by atoms with E-state index >= 15 is 0 Å². The van der Waals surface area contributed by atoms with Gasteiger partial charge in [0.1, 0.15) is 0 Å². The zero-order valence-electron chi connectivity index (χ0n) is 10.9. The van der Waals surface area contributed by atoms with Gasteiger partial charge in [-0.1, -0.05) is 13.8 Å². The van der Waals surface area contributed by atoms with Crippen molar-refractivity contribution in [3.8, 4) is 0 Å². The van der Waals surface area contributed by atoms with Crippen molar-refractivity contribution >= 4 is 18.3 Å². The predicted molar refractivity (Wildman–Crippen MR) is 72.4 cm³/mol. The smallest absolute Gasteiger partial charge is 0.224 e. The first-order chi connectivity index (χ1) is 7.64. The van der Waals surface area contributed by atoms with Gasteiger partial charge in [-0.15, -0.1) is 12.4 Å². The van der Waals surface area contributed by atoms with Crippen LogP contribution in [0.15, 0.2) is 0 Å². The zero-order chi connectivity index (χ0) is 11.6. The molecule has 1 aliphatic heterocycles. The number of carbonyl (C=O) groups is 1. The third-order valence-corrected chi connectivity index (χ3v) is 4.40. The van der Waals surface area contributed by atoms with Crippen molar-refractivity contribution in [2.24, 2.45) is 17.3 Å². The van der Waals surface area contributed by atoms with Crippen molar-refractivity contribution in [3.05, 3.63) is 0 Å². The SMILES string of the molecule is CC(C)C1(CNC(=O)[C@@H]2CCCNC2)CC1.Cl. The molecule has 0 aromatic heterocycles. The quantitative estimate of drug-likeness (QED) is 0.811. The fraction of sp³-hybridized carbons (Fsp3) is 0.923. The van der Waals surface area contributed by atoms with E-state index in [2.05, 4.69) is 24.5 Å². The van der Waals surface area contributed by atoms with Crippen LogP contribution in [0.1, 0.15) is 39.5 Å². The van der Waals surface area contributed by atoms with Crippen LogP contribution in [0.5, 0.6) is 0 Å². The highest BCUT2D eigenvalue weighted by atomic mass is 35.5. The maximum atomic E-state index is 11.9. The van der Waals surface area contributed by atoms with E-state index in [9.17, 15) is 4.79 Å². The van der Waals surface area contributed by atoms with E-state index in [1.807, 2.05) is 0 Å². The molecule has 100 valence electrons. The van der Waals surface area contributed by atoms with Crippen LogP contribution in [-0.4, -0.2) is 25.5 Å². The van der Waals surface area contributed by atoms with Gasteiger partial charge in [-0.3, -0.25) is 4.79 Å². The Morgan fingerprint density at radius 1 is 1.47 bits per heavy atom. The number of piperidine rings is 1. The lowest BCUT2D eigenvalue weighted by molar-refractivity contribution is -0.125. The molecule has 2 aliphatic rings. The van der Waals surface area contributed by atoms with Gasteiger partial charge in [0.15, 0.2) is 0 Å². The van der Waals surface area contributed by atoms with Crippen molar-refractivity contribution in [2.45, 2.75) is 39.5 Å². The van der Waals surface area contributed by atoms with E-state index in [0.29, 0.717) is 11.3 Å². The molecule has 1 saturated carbocycles. The van der Waals surface area contributed by atoms with Crippen molar-refractivity contribution in [1.29, 1.82) is 0 Å². The summed E-state index contributed by atoms with van der Waals surface area (Å²) < 4.78 is 0. The van der Waals surface area contributed by atoms with E-state index in [1.54, 1.807) is 0 Å². The number of carbonyl (C=O) groups excluding carboxylic acids is 1. The normalized spacial score (nSPS) is 26.2. The first-order valence-corrected chi connectivity index (χ1v) is 6.62. The molecule has 2 fully saturated rings. The summed E-state index contributed by atoms with van der Waals surface area (Å²) in [6, 6.07) is 0. The van der Waals surface area contributed by atoms with Gasteiger partial charge in [0.05, 0.1) is 5.92 Å². The maximum Gasteiger partial charge on any atom is 0.224 e. The summed E-state index contributed by atoms with van der Waals surface area (Å²) in [4.78, 5) is 11.9. The van der Waals surface area contributed by atoms with Crippen LogP contribution in [-0.2, 0) is 4.79 Å². The first-order valence-electron chi connectivity index (χ1n) is 6.62. The van der Waals surface area contributed by atoms with Crippen molar-refractivity contribution in [3.63, 3.8) is 0 Å². The Labute approximate surface area is 111 Å². The molecule has 2 N–H and O–H groups in total. The lowest BCUT2D eigenvalue weighted by Gasteiger charge is -2.25. The summed E-state index contributed by atoms with van der Waals surface area (Å²) in [5.41, 5.74) is 0.428. The molecule has 17 heavy (non-hydrogen) atoms. The summed E-state index contributed by atoms with van der Waals surface area (Å²) >= 11 is 0. The zero-order valence-corrected chi connectivity index (χ0v) is 11.7. The molecule has 0 bridgehead atoms. The minimum Gasteiger partial charge on any atom is -0.355 e. The second-order valence-corrected chi connectivity index (χ2v) is 5.78. The Morgan fingerprint density at radius 3 is 2.65 bits per heavy atom. The van der Waals surface area contributed by atoms with Gasteiger partial charge in [0.2, 0.25) is 5.91 Å². The first kappa shape index (κ1) is 14.8. The highest BCUT2D eigenvalue weighted by molar-refractivity contribution is 5.85. The molecule has 1 heterocycles. The lowest BCUT2D eigenvalue weighted by Crippen LogP contribution is -2.42. The monoisotopic (exact) mass is 260 g/mol. The average molecular weight is 261 g/mol. The molecule has 1 amide bonds. The average Bonchev–Trinajstić information content (AvgIpc) is 3.08. The number of halogens is 1. The number of amides is 1. The molecule has 0 unspecified atom stereocenters. The lowest BCUT2D eigenvalue weighted by atomic mass is 9.92. The van der Waals surface area contributed by atoms with Crippen LogP contribution >= 0.6 is 12.4 Å². The molecule has 1 atom stereocenters. The summed E-state index contributed by atoms with van der Waals surface area (Å²) in [5.74, 6) is 1.16. The molecular weight excluding hydrogens is 236 g/mol. The Bertz CT molecular complexity index is 258. The maximum absolute atomic E-state index is 11.9. The van der Waals surface area contributed by atoms with Crippen LogP contribution in [0.3, 0.4) is 0 Å². The van der Waals surface area contributed by atoms with Gasteiger partial charge in [-0.2, -0.15) is 0 Å². The molecule has 4 heteroatoms. The fourth-order valence-corrected chi connectivity index (χ4v) is 2.60. The van der Waals surface area contributed by atoms with Gasteiger partial charge < -0.3 is 10.6 Å². The molecule has 1 saturated heterocycles. The number of hydrogen-bond acceptors (Lipinski definition) is 2. The van der Waals surface area contributed by atoms with E-state index < -0.39 is 0 Å². The Hall–Kier alpha value is -0.280. The highest BCUT2D eigenvalue weighted by Crippen LogP contribution is 2.51. The van der Waals surface area contributed by atoms with E-state index in [4.69, 9.17) is 0 Å². The van der Waals surface area contributed by atoms with E-state index in [1.165, 1.54) is 12.8 Å². The Balaban J connectivity index is 0.00000144. The largest absolute Gasteiger partial charge is 0.355 e. The molecule has 2 rings (SSSR count). The summed E-state index contributed by atoms with van der Waals surface area (Å²) in [5, 5.41) is 6.45. The van der Waals surface area contributed by atoms with Crippen LogP contribution in [0.4, 0.5) is 0 Å². The molecule has 0 spiro atoms. The standard InChI is InChI=1S/C13H24N2O.ClH/c1-10(2)13(5-6-13)9-15-12(16)11-4-3-7-14-8-11;/h10-11,14H,3-9H2,1-2H3,(H,15,16);1H/t11-;/m1./s1. The summed E-state index contributed by atoms with van der Waals surface area (Å²) in [7, 11) is 0. The summed E-state index contributed by atoms with van der Waals surface area (Å²) in [6.45, 7) is 7.35. The third-order valence-electron chi connectivity index (χ3n) is 4.40. The highest BCUT2D eigenvalue weighted by Gasteiger charge is 2.45. The summed E-state index contributed by atoms with van der Waals surface area (Å²) in [6.07, 6.45) is 4.75. The molecular formula is C13H25ClN2O. The molecule has 1 aliphatic carbocycles. The molecule has 0 aromatic carbocycles. The van der Waals surface area contributed by atoms with Crippen molar-refractivity contribution in [2.75, 3.05) is 19.6 Å². The van der Waals surface area contributed by atoms with Gasteiger partial charge in [0, 0.05) is 13.1 Å². The van der Waals surface area contributed by atoms with Crippen molar-refractivity contribution in [1.82, 2.24) is 10.6 Å². The van der Waals surface area contributed by atoms with E-state index in [0.717, 1.165) is 32.5 Å². The predicted octanol–water partition coefficient (Wildman–Crippen LogP) is 1.96. The Kier molecular flexibility index (Phi) is 5.26. The van der Waals surface area contributed by atoms with Crippen molar-refractivity contribution < 1.29 is 4.79 Å². The van der Waals surface area contributed by atoms with Crippen LogP contribution < -0.4 is 10.6 Å². The molecule has 3 nitrogen and oxygen atoms in total. The number of rotatable bonds is 4. The topological polar surface area (TPSA) is 41.1 Å². The number of nitrogens with one attached hydrogen (secondary N) is 2. The van der Waals surface area contributed by atoms with E-state index in [-0.39, 0.29) is 24.2 Å². The van der Waals surface area contributed by atoms with Crippen LogP contribution in [0.2, 0.25) is 0 Å². The molecule has 0 radical (unpaired) electrons. The second-order valence-electron chi connectivity index (χ2n) is 5.78. The number of hydrogen-bond donors (Lipinski definition) is 2. The van der Waals surface area contributed by atoms with Gasteiger partial charge in [0.25, 0.3) is 0 Å². The fourth-order valence-electron chi connectivity index (χ4n) is 2.60. The molecule has 0 aromatic rings. The second kappa shape index (κ2) is 6.05. The minimum atomic E-state index is 0. The van der Waals surface area contributed by atoms with Crippen LogP contribution in [0, 0.1) is 17.3 Å². The van der Waals surface area contributed by atoms with Crippen LogP contribution in [0.25, 0.3) is 0 Å². The van der Waals surface area contributed by atoms with Gasteiger partial charge in [-0.25, -0.2) is 0 Å². The Morgan fingerprint density at radius 2 is 2.18 bits per heavy atom. The minimum absolute atomic E-state index is 0. The van der Waals surface area contributed by atoms with Gasteiger partial charge >= 0.3 is 0 Å². The van der Waals surface area contributed by atoms with Gasteiger partial charge in [-0.05, 0) is 43.6 Å². The third kappa shape index (κ3) is 3.59.